The van der Waals surface area contributed by atoms with Gasteiger partial charge in [-0.1, -0.05) is 46.3 Å². The molecule has 2 unspecified atom stereocenters. The highest BCUT2D eigenvalue weighted by molar-refractivity contribution is 9.10. The lowest BCUT2D eigenvalue weighted by atomic mass is 9.84. The van der Waals surface area contributed by atoms with Gasteiger partial charge in [0.15, 0.2) is 5.82 Å². The maximum Gasteiger partial charge on any atom is 0.417 e. The standard InChI is InChI=1S/C33H27BrF3N7O2/c1-19-13-25-28(17-42(19)31(45)22-9-12-27(34)26(15-22)33(35,36)37)44-30(23(16-40-44)14-20-5-3-2-4-6-20)43(32(25)46)24-10-7-21(8-11-24)29-38-18-39-41-29/h2-12,15-16,18-19,25,28H,13-14,17H2,1H3,(H,38,39,41)/t19-,25?,28?/m0/s1. The van der Waals surface area contributed by atoms with Crippen LogP contribution in [-0.2, 0) is 17.4 Å². The van der Waals surface area contributed by atoms with E-state index in [0.29, 0.717) is 30.2 Å². The molecule has 0 saturated carbocycles. The van der Waals surface area contributed by atoms with Crippen molar-refractivity contribution in [2.45, 2.75) is 38.0 Å². The van der Waals surface area contributed by atoms with Crippen LogP contribution in [0.1, 0.15) is 46.4 Å². The van der Waals surface area contributed by atoms with Gasteiger partial charge in [-0.3, -0.25) is 19.6 Å². The topological polar surface area (TPSA) is 100 Å². The molecule has 2 amide bonds. The number of piperidine rings is 1. The van der Waals surface area contributed by atoms with Crippen LogP contribution in [0, 0.1) is 5.92 Å². The Morgan fingerprint density at radius 2 is 1.83 bits per heavy atom. The molecule has 4 heterocycles. The summed E-state index contributed by atoms with van der Waals surface area (Å²) in [5.74, 6) is 0.0419. The smallest absolute Gasteiger partial charge is 0.334 e. The molecule has 3 atom stereocenters. The lowest BCUT2D eigenvalue weighted by Gasteiger charge is -2.47. The zero-order chi connectivity index (χ0) is 32.2. The quantitative estimate of drug-likeness (QED) is 0.219. The number of carbonyl (C=O) groups is 2. The van der Waals surface area contributed by atoms with Gasteiger partial charge >= 0.3 is 6.18 Å². The molecule has 1 saturated heterocycles. The van der Waals surface area contributed by atoms with Gasteiger partial charge in [-0.15, -0.1) is 0 Å². The molecule has 1 fully saturated rings. The molecule has 1 N–H and O–H groups in total. The van der Waals surface area contributed by atoms with E-state index in [0.717, 1.165) is 22.8 Å². The van der Waals surface area contributed by atoms with Gasteiger partial charge in [0, 0.05) is 40.2 Å². The van der Waals surface area contributed by atoms with Crippen LogP contribution < -0.4 is 4.90 Å². The number of amides is 2. The van der Waals surface area contributed by atoms with Crippen LogP contribution in [0.25, 0.3) is 11.4 Å². The van der Waals surface area contributed by atoms with E-state index in [1.807, 2.05) is 66.2 Å². The Bertz CT molecular complexity index is 1910. The highest BCUT2D eigenvalue weighted by atomic mass is 79.9. The van der Waals surface area contributed by atoms with Crippen LogP contribution >= 0.6 is 15.9 Å². The average Bonchev–Trinajstić information content (AvgIpc) is 3.73. The number of halogens is 4. The number of hydrogen-bond donors (Lipinski definition) is 1. The Kier molecular flexibility index (Phi) is 7.50. The summed E-state index contributed by atoms with van der Waals surface area (Å²) >= 11 is 2.95. The molecule has 3 aromatic carbocycles. The number of alkyl halides is 3. The Labute approximate surface area is 270 Å². The molecule has 5 aromatic rings. The van der Waals surface area contributed by atoms with Crippen LogP contribution in [0.2, 0.25) is 0 Å². The van der Waals surface area contributed by atoms with Gasteiger partial charge in [0.05, 0.1) is 29.4 Å². The SMILES string of the molecule is C[C@H]1CC2C(=O)N(c3ccc(-c4ncn[nH]4)cc3)c3c(Cc4ccccc4)cnn3C2CN1C(=O)c1ccc(Br)c(C(F)(F)F)c1. The first kappa shape index (κ1) is 29.9. The number of fused-ring (bicyclic) bond motifs is 3. The van der Waals surface area contributed by atoms with Crippen LogP contribution in [0.15, 0.2) is 89.8 Å². The zero-order valence-corrected chi connectivity index (χ0v) is 26.0. The number of nitrogens with one attached hydrogen (secondary N) is 1. The fourth-order valence-electron chi connectivity index (χ4n) is 6.45. The van der Waals surface area contributed by atoms with Crippen molar-refractivity contribution >= 4 is 39.2 Å². The summed E-state index contributed by atoms with van der Waals surface area (Å²) in [6, 6.07) is 19.9. The molecule has 0 bridgehead atoms. The third-order valence-electron chi connectivity index (χ3n) is 8.71. The van der Waals surface area contributed by atoms with E-state index >= 15 is 0 Å². The Morgan fingerprint density at radius 3 is 2.52 bits per heavy atom. The van der Waals surface area contributed by atoms with Crippen molar-refractivity contribution in [1.82, 2.24) is 29.9 Å². The molecule has 7 rings (SSSR count). The van der Waals surface area contributed by atoms with Crippen molar-refractivity contribution in [2.24, 2.45) is 5.92 Å². The van der Waals surface area contributed by atoms with Crippen molar-refractivity contribution in [3.05, 3.63) is 112 Å². The van der Waals surface area contributed by atoms with Crippen molar-refractivity contribution in [3.63, 3.8) is 0 Å². The molecule has 9 nitrogen and oxygen atoms in total. The number of likely N-dealkylation sites (tertiary alicyclic amines) is 1. The summed E-state index contributed by atoms with van der Waals surface area (Å²) in [6.45, 7) is 1.94. The summed E-state index contributed by atoms with van der Waals surface area (Å²) in [7, 11) is 0. The monoisotopic (exact) mass is 689 g/mol. The van der Waals surface area contributed by atoms with E-state index in [2.05, 4.69) is 31.1 Å². The van der Waals surface area contributed by atoms with Crippen LogP contribution in [0.4, 0.5) is 24.7 Å². The number of benzene rings is 3. The van der Waals surface area contributed by atoms with Crippen LogP contribution in [0.3, 0.4) is 0 Å². The largest absolute Gasteiger partial charge is 0.417 e. The number of aromatic nitrogens is 5. The fourth-order valence-corrected chi connectivity index (χ4v) is 6.92. The van der Waals surface area contributed by atoms with E-state index < -0.39 is 35.6 Å². The third kappa shape index (κ3) is 5.27. The number of anilines is 2. The van der Waals surface area contributed by atoms with E-state index in [-0.39, 0.29) is 22.5 Å². The van der Waals surface area contributed by atoms with Crippen molar-refractivity contribution < 1.29 is 22.8 Å². The molecular formula is C33H27BrF3N7O2. The average molecular weight is 691 g/mol. The summed E-state index contributed by atoms with van der Waals surface area (Å²) in [5.41, 5.74) is 2.35. The second-order valence-corrected chi connectivity index (χ2v) is 12.4. The molecule has 0 spiro atoms. The predicted octanol–water partition coefficient (Wildman–Crippen LogP) is 6.81. The molecular weight excluding hydrogens is 663 g/mol. The molecule has 2 aromatic heterocycles. The van der Waals surface area contributed by atoms with E-state index in [9.17, 15) is 22.8 Å². The first-order valence-corrected chi connectivity index (χ1v) is 15.5. The lowest BCUT2D eigenvalue weighted by molar-refractivity contribution is -0.138. The maximum absolute atomic E-state index is 14.4. The minimum absolute atomic E-state index is 0.0677. The van der Waals surface area contributed by atoms with Crippen LogP contribution in [0.5, 0.6) is 0 Å². The Hall–Kier alpha value is -4.78. The van der Waals surface area contributed by atoms with Crippen molar-refractivity contribution in [3.8, 4) is 11.4 Å². The number of aromatic amines is 1. The van der Waals surface area contributed by atoms with Gasteiger partial charge in [-0.05, 0) is 61.4 Å². The number of H-pyrrole nitrogens is 1. The third-order valence-corrected chi connectivity index (χ3v) is 9.40. The van der Waals surface area contributed by atoms with E-state index in [1.165, 1.54) is 18.5 Å². The van der Waals surface area contributed by atoms with Gasteiger partial charge in [-0.25, -0.2) is 9.67 Å². The number of nitrogens with zero attached hydrogens (tertiary/aromatic N) is 6. The summed E-state index contributed by atoms with van der Waals surface area (Å²) in [4.78, 5) is 35.6. The second-order valence-electron chi connectivity index (χ2n) is 11.6. The molecule has 2 aliphatic heterocycles. The molecule has 234 valence electrons. The molecule has 0 aliphatic carbocycles. The Balaban J connectivity index is 1.27. The number of hydrogen-bond acceptors (Lipinski definition) is 5. The highest BCUT2D eigenvalue weighted by Crippen LogP contribution is 2.45. The normalized spacial score (nSPS) is 19.6. The van der Waals surface area contributed by atoms with Gasteiger partial charge in [-0.2, -0.15) is 23.4 Å². The first-order valence-electron chi connectivity index (χ1n) is 14.7. The van der Waals surface area contributed by atoms with Gasteiger partial charge in [0.25, 0.3) is 5.91 Å². The summed E-state index contributed by atoms with van der Waals surface area (Å²) < 4.78 is 42.6. The highest BCUT2D eigenvalue weighted by Gasteiger charge is 2.48. The van der Waals surface area contributed by atoms with Crippen molar-refractivity contribution in [1.29, 1.82) is 0 Å². The van der Waals surface area contributed by atoms with Crippen molar-refractivity contribution in [2.75, 3.05) is 11.4 Å². The van der Waals surface area contributed by atoms with Crippen LogP contribution in [-0.4, -0.2) is 54.3 Å². The fraction of sp³-hybridized carbons (Fsp3) is 0.242. The first-order chi connectivity index (χ1) is 22.1. The second kappa shape index (κ2) is 11.5. The van der Waals surface area contributed by atoms with Gasteiger partial charge < -0.3 is 4.90 Å². The number of rotatable bonds is 5. The zero-order valence-electron chi connectivity index (χ0n) is 24.4. The number of carbonyl (C=O) groups excluding carboxylic acids is 2. The van der Waals surface area contributed by atoms with E-state index in [1.54, 1.807) is 16.0 Å². The molecule has 2 aliphatic rings. The minimum Gasteiger partial charge on any atom is -0.334 e. The molecule has 0 radical (unpaired) electrons. The summed E-state index contributed by atoms with van der Waals surface area (Å²) in [5, 5.41) is 11.5. The maximum atomic E-state index is 14.4. The summed E-state index contributed by atoms with van der Waals surface area (Å²) in [6.07, 6.45) is -0.610. The predicted molar refractivity (Wildman–Crippen MR) is 167 cm³/mol. The Morgan fingerprint density at radius 1 is 1.07 bits per heavy atom. The van der Waals surface area contributed by atoms with Gasteiger partial charge in [0.2, 0.25) is 5.91 Å². The van der Waals surface area contributed by atoms with E-state index in [4.69, 9.17) is 5.10 Å². The lowest BCUT2D eigenvalue weighted by Crippen LogP contribution is -2.56. The molecule has 46 heavy (non-hydrogen) atoms. The molecule has 13 heteroatoms. The van der Waals surface area contributed by atoms with Gasteiger partial charge in [0.1, 0.15) is 12.1 Å². The minimum atomic E-state index is -4.63.